The molecule has 0 nitrogen and oxygen atoms in total. The molecule has 4 aliphatic heterocycles. The molecule has 4 aliphatic rings. The fraction of sp³-hybridized carbons (Fsp3) is 0.333. The highest BCUT2D eigenvalue weighted by Crippen LogP contribution is 2.71. The largest absolute Gasteiger partial charge is 0.121 e. The maximum absolute atomic E-state index is 2.18. The lowest BCUT2D eigenvalue weighted by Crippen LogP contribution is -1.71. The Balaban J connectivity index is 1.46. The van der Waals surface area contributed by atoms with Gasteiger partial charge in [-0.3, -0.25) is 0 Å². The van der Waals surface area contributed by atoms with Gasteiger partial charge in [0.25, 0.3) is 0 Å². The van der Waals surface area contributed by atoms with E-state index in [9.17, 15) is 0 Å². The Bertz CT molecular complexity index is 592. The summed E-state index contributed by atoms with van der Waals surface area (Å²) in [6, 6.07) is 0. The van der Waals surface area contributed by atoms with Crippen LogP contribution in [0.25, 0.3) is 0 Å². The molecule has 0 aliphatic carbocycles. The summed E-state index contributed by atoms with van der Waals surface area (Å²) in [6.07, 6.45) is 4.36. The highest BCUT2D eigenvalue weighted by molar-refractivity contribution is 8.50. The minimum Gasteiger partial charge on any atom is -0.121 e. The smallest absolute Gasteiger partial charge is 0.0718 e. The van der Waals surface area contributed by atoms with Crippen molar-refractivity contribution in [3.05, 3.63) is 33.9 Å². The average Bonchev–Trinajstić information content (AvgIpc) is 3.26. The molecule has 1 fully saturated rings. The van der Waals surface area contributed by atoms with Gasteiger partial charge in [0.1, 0.15) is 0 Å². The van der Waals surface area contributed by atoms with Gasteiger partial charge < -0.3 is 0 Å². The summed E-state index contributed by atoms with van der Waals surface area (Å²) in [5.41, 5.74) is 0. The molecule has 1 saturated heterocycles. The van der Waals surface area contributed by atoms with Gasteiger partial charge in [-0.15, -0.1) is 47.0 Å². The van der Waals surface area contributed by atoms with Crippen molar-refractivity contribution in [3.8, 4) is 0 Å². The van der Waals surface area contributed by atoms with Crippen molar-refractivity contribution in [3.63, 3.8) is 0 Å². The third kappa shape index (κ3) is 3.62. The number of rotatable bonds is 2. The Hall–Kier alpha value is 2.46. The van der Waals surface area contributed by atoms with Crippen LogP contribution in [-0.2, 0) is 0 Å². The molecule has 0 bridgehead atoms. The van der Waals surface area contributed by atoms with Crippen molar-refractivity contribution in [2.75, 3.05) is 24.0 Å². The molecule has 10 heteroatoms. The van der Waals surface area contributed by atoms with Crippen molar-refractivity contribution in [1.82, 2.24) is 0 Å². The fourth-order valence-electron chi connectivity index (χ4n) is 1.79. The fourth-order valence-corrected chi connectivity index (χ4v) is 16.4. The van der Waals surface area contributed by atoms with Crippen molar-refractivity contribution in [2.45, 2.75) is 0 Å². The van der Waals surface area contributed by atoms with Crippen molar-refractivity contribution in [2.24, 2.45) is 0 Å². The van der Waals surface area contributed by atoms with E-state index in [1.807, 2.05) is 118 Å². The summed E-state index contributed by atoms with van der Waals surface area (Å²) in [5.74, 6) is 2.55. The van der Waals surface area contributed by atoms with Crippen LogP contribution < -0.4 is 0 Å². The van der Waals surface area contributed by atoms with Gasteiger partial charge in [-0.2, -0.15) is 0 Å². The van der Waals surface area contributed by atoms with E-state index in [2.05, 4.69) is 12.5 Å². The first kappa shape index (κ1) is 17.9. The van der Waals surface area contributed by atoms with Gasteiger partial charge in [-0.25, -0.2) is 0 Å². The molecule has 0 unspecified atom stereocenters. The van der Waals surface area contributed by atoms with Gasteiger partial charge in [0.15, 0.2) is 0 Å². The van der Waals surface area contributed by atoms with E-state index < -0.39 is 0 Å². The van der Waals surface area contributed by atoms with Crippen LogP contribution in [0.2, 0.25) is 0 Å². The Labute approximate surface area is 173 Å². The van der Waals surface area contributed by atoms with E-state index >= 15 is 0 Å². The lowest BCUT2D eigenvalue weighted by atomic mass is 11.0. The normalized spacial score (nSPS) is 25.4. The monoisotopic (exact) mass is 474 g/mol. The van der Waals surface area contributed by atoms with E-state index in [0.717, 1.165) is 0 Å². The zero-order valence-electron chi connectivity index (χ0n) is 11.5. The van der Waals surface area contributed by atoms with Crippen LogP contribution >= 0.6 is 118 Å². The second-order valence-electron chi connectivity index (χ2n) is 4.02. The van der Waals surface area contributed by atoms with Crippen LogP contribution in [0.15, 0.2) is 33.9 Å². The zero-order chi connectivity index (χ0) is 15.1. The Kier molecular flexibility index (Phi) is 6.49. The van der Waals surface area contributed by atoms with Gasteiger partial charge >= 0.3 is 0 Å². The Morgan fingerprint density at radius 1 is 0.545 bits per heavy atom. The second-order valence-corrected chi connectivity index (χ2v) is 16.1. The molecule has 0 amide bonds. The first-order chi connectivity index (χ1) is 10.8. The van der Waals surface area contributed by atoms with Crippen LogP contribution in [-0.4, -0.2) is 24.0 Å². The molecular formula is C12H10S10. The number of hydrogen-bond acceptors (Lipinski definition) is 10. The predicted molar refractivity (Wildman–Crippen MR) is 126 cm³/mol. The maximum atomic E-state index is 2.18. The van der Waals surface area contributed by atoms with Crippen LogP contribution in [0.4, 0.5) is 0 Å². The maximum Gasteiger partial charge on any atom is 0.0718 e. The molecule has 0 spiro atoms. The quantitative estimate of drug-likeness (QED) is 0.382. The minimum atomic E-state index is 1.28. The summed E-state index contributed by atoms with van der Waals surface area (Å²) < 4.78 is 12.0. The van der Waals surface area contributed by atoms with E-state index in [1.54, 1.807) is 4.24 Å². The molecule has 0 saturated carbocycles. The zero-order valence-corrected chi connectivity index (χ0v) is 19.7. The summed E-state index contributed by atoms with van der Waals surface area (Å²) in [7, 11) is 0. The van der Waals surface area contributed by atoms with E-state index in [-0.39, 0.29) is 0 Å². The molecule has 22 heavy (non-hydrogen) atoms. The molecule has 0 aromatic carbocycles. The van der Waals surface area contributed by atoms with Crippen molar-refractivity contribution < 1.29 is 0 Å². The van der Waals surface area contributed by atoms with Gasteiger partial charge in [0.05, 0.1) is 33.9 Å². The van der Waals surface area contributed by atoms with E-state index in [1.165, 1.54) is 41.2 Å². The second kappa shape index (κ2) is 8.00. The third-order valence-corrected chi connectivity index (χ3v) is 17.3. The standard InChI is InChI=1S/C12H10S10/c1-13-5-6(14-2)18-9(17-5)10-21-11-12(22-10)20-8(19-11)7-15-3-4-16-7/h3-4H2,1-2H3. The Morgan fingerprint density at radius 3 is 1.32 bits per heavy atom. The molecule has 0 aromatic heterocycles. The van der Waals surface area contributed by atoms with Crippen LogP contribution in [0, 0.1) is 0 Å². The SMILES string of the molecule is CSC1=C(SC)SC(=C2SC3=C(SC(=C4SCCS4)S3)S2)S1. The molecule has 4 rings (SSSR count). The molecule has 0 atom stereocenters. The average molecular weight is 475 g/mol. The van der Waals surface area contributed by atoms with Gasteiger partial charge in [0, 0.05) is 11.5 Å². The summed E-state index contributed by atoms with van der Waals surface area (Å²) in [4.78, 5) is 0. The van der Waals surface area contributed by atoms with Gasteiger partial charge in [0.2, 0.25) is 0 Å². The predicted octanol–water partition coefficient (Wildman–Crippen LogP) is 8.14. The molecule has 0 N–H and O–H groups in total. The highest BCUT2D eigenvalue weighted by atomic mass is 32.3. The highest BCUT2D eigenvalue weighted by Gasteiger charge is 2.35. The van der Waals surface area contributed by atoms with E-state index in [0.29, 0.717) is 0 Å². The van der Waals surface area contributed by atoms with Crippen molar-refractivity contribution in [1.29, 1.82) is 0 Å². The van der Waals surface area contributed by atoms with Gasteiger partial charge in [-0.1, -0.05) is 70.6 Å². The summed E-state index contributed by atoms with van der Waals surface area (Å²) in [5, 5.41) is 0. The topological polar surface area (TPSA) is 0 Å². The Morgan fingerprint density at radius 2 is 0.909 bits per heavy atom. The summed E-state index contributed by atoms with van der Waals surface area (Å²) in [6.45, 7) is 0. The molecule has 0 aromatic rings. The molecular weight excluding hydrogens is 465 g/mol. The van der Waals surface area contributed by atoms with Crippen LogP contribution in [0.5, 0.6) is 0 Å². The molecule has 118 valence electrons. The number of hydrogen-bond donors (Lipinski definition) is 0. The lowest BCUT2D eigenvalue weighted by molar-refractivity contribution is 1.59. The minimum absolute atomic E-state index is 1.28. The van der Waals surface area contributed by atoms with E-state index in [4.69, 9.17) is 0 Å². The summed E-state index contributed by atoms with van der Waals surface area (Å²) >= 11 is 19.7. The molecule has 0 radical (unpaired) electrons. The van der Waals surface area contributed by atoms with Crippen LogP contribution in [0.3, 0.4) is 0 Å². The first-order valence-electron chi connectivity index (χ1n) is 6.16. The van der Waals surface area contributed by atoms with Crippen LogP contribution in [0.1, 0.15) is 0 Å². The third-order valence-electron chi connectivity index (χ3n) is 2.70. The van der Waals surface area contributed by atoms with Crippen molar-refractivity contribution >= 4 is 118 Å². The first-order valence-corrected chi connectivity index (χ1v) is 15.5. The lowest BCUT2D eigenvalue weighted by Gasteiger charge is -2.06. The van der Waals surface area contributed by atoms with Gasteiger partial charge in [-0.05, 0) is 12.5 Å². The molecule has 4 heterocycles. The number of thioether (sulfide) groups is 10.